The maximum atomic E-state index is 12.4. The fourth-order valence-electron chi connectivity index (χ4n) is 2.61. The first-order valence-corrected chi connectivity index (χ1v) is 7.52. The van der Waals surface area contributed by atoms with Gasteiger partial charge < -0.3 is 0 Å². The number of nitrogens with one attached hydrogen (secondary N) is 1. The third kappa shape index (κ3) is 2.47. The molecule has 0 fully saturated rings. The van der Waals surface area contributed by atoms with Gasteiger partial charge in [0, 0.05) is 29.5 Å². The molecule has 0 unspecified atom stereocenters. The first-order chi connectivity index (χ1) is 11.2. The van der Waals surface area contributed by atoms with Crippen molar-refractivity contribution < 1.29 is 4.79 Å². The minimum Gasteiger partial charge on any atom is -0.294 e. The molecule has 0 saturated carbocycles. The van der Waals surface area contributed by atoms with Crippen LogP contribution in [0.5, 0.6) is 0 Å². The zero-order valence-corrected chi connectivity index (χ0v) is 12.8. The van der Waals surface area contributed by atoms with E-state index in [4.69, 9.17) is 11.6 Å². The summed E-state index contributed by atoms with van der Waals surface area (Å²) in [6.07, 6.45) is 3.14. The quantitative estimate of drug-likeness (QED) is 0.874. The number of amides is 1. The highest BCUT2D eigenvalue weighted by Gasteiger charge is 2.30. The summed E-state index contributed by atoms with van der Waals surface area (Å²) in [6, 6.07) is 8.91. The smallest absolute Gasteiger partial charge is 0.259 e. The summed E-state index contributed by atoms with van der Waals surface area (Å²) in [7, 11) is 0. The number of carbonyl (C=O) groups is 1. The maximum absolute atomic E-state index is 12.4. The highest BCUT2D eigenvalue weighted by atomic mass is 35.5. The zero-order valence-electron chi connectivity index (χ0n) is 12.0. The fraction of sp³-hybridized carbons (Fsp3) is 0.125. The van der Waals surface area contributed by atoms with Gasteiger partial charge in [0.25, 0.3) is 5.91 Å². The van der Waals surface area contributed by atoms with E-state index in [0.717, 1.165) is 11.4 Å². The fourth-order valence-corrected chi connectivity index (χ4v) is 2.78. The van der Waals surface area contributed by atoms with Crippen LogP contribution in [0, 0.1) is 0 Å². The van der Waals surface area contributed by atoms with Gasteiger partial charge in [-0.2, -0.15) is 0 Å². The molecule has 1 aromatic carbocycles. The Morgan fingerprint density at radius 1 is 1.30 bits per heavy atom. The number of carbonyl (C=O) groups excluding carboxylic acids is 1. The number of pyridine rings is 1. The van der Waals surface area contributed by atoms with Gasteiger partial charge in [-0.1, -0.05) is 11.6 Å². The van der Waals surface area contributed by atoms with Gasteiger partial charge in [-0.15, -0.1) is 0 Å². The lowest BCUT2D eigenvalue weighted by atomic mass is 10.1. The number of aromatic nitrogens is 1. The highest BCUT2D eigenvalue weighted by Crippen LogP contribution is 2.30. The molecule has 4 rings (SSSR count). The molecule has 23 heavy (non-hydrogen) atoms. The number of hydrogen-bond donors (Lipinski definition) is 1. The van der Waals surface area contributed by atoms with Crippen molar-refractivity contribution in [2.75, 3.05) is 13.1 Å². The average molecular weight is 326 g/mol. The van der Waals surface area contributed by atoms with Crippen molar-refractivity contribution >= 4 is 35.0 Å². The van der Waals surface area contributed by atoms with E-state index in [0.29, 0.717) is 35.3 Å². The van der Waals surface area contributed by atoms with Crippen molar-refractivity contribution in [3.05, 3.63) is 58.9 Å². The van der Waals surface area contributed by atoms with Crippen molar-refractivity contribution in [2.24, 2.45) is 9.98 Å². The molecule has 0 bridgehead atoms. The van der Waals surface area contributed by atoms with Crippen LogP contribution in [0.4, 0.5) is 5.69 Å². The molecule has 7 heteroatoms. The zero-order chi connectivity index (χ0) is 15.8. The van der Waals surface area contributed by atoms with E-state index in [-0.39, 0.29) is 5.91 Å². The lowest BCUT2D eigenvalue weighted by Crippen LogP contribution is -2.47. The van der Waals surface area contributed by atoms with E-state index in [9.17, 15) is 4.79 Å². The van der Waals surface area contributed by atoms with E-state index in [2.05, 4.69) is 20.3 Å². The van der Waals surface area contributed by atoms with Crippen LogP contribution in [-0.4, -0.2) is 40.7 Å². The van der Waals surface area contributed by atoms with Crippen LogP contribution < -0.4 is 5.32 Å². The van der Waals surface area contributed by atoms with Crippen LogP contribution in [0.1, 0.15) is 15.9 Å². The summed E-state index contributed by atoms with van der Waals surface area (Å²) in [4.78, 5) is 27.3. The third-order valence-electron chi connectivity index (χ3n) is 3.67. The number of amidine groups is 1. The van der Waals surface area contributed by atoms with E-state index in [1.807, 2.05) is 17.0 Å². The number of benzene rings is 1. The van der Waals surface area contributed by atoms with E-state index < -0.39 is 0 Å². The van der Waals surface area contributed by atoms with Crippen LogP contribution in [0.2, 0.25) is 5.02 Å². The van der Waals surface area contributed by atoms with E-state index >= 15 is 0 Å². The predicted octanol–water partition coefficient (Wildman–Crippen LogP) is 2.23. The molecular formula is C16H12ClN5O. The van der Waals surface area contributed by atoms with Crippen molar-refractivity contribution in [3.8, 4) is 0 Å². The number of rotatable bonds is 1. The molecule has 114 valence electrons. The minimum atomic E-state index is -0.256. The molecule has 2 aromatic rings. The Kier molecular flexibility index (Phi) is 3.31. The Morgan fingerprint density at radius 3 is 3.04 bits per heavy atom. The number of aliphatic imine (C=N–C) groups is 2. The number of halogens is 1. The molecule has 6 nitrogen and oxygen atoms in total. The van der Waals surface area contributed by atoms with E-state index in [1.165, 1.54) is 6.20 Å². The van der Waals surface area contributed by atoms with Crippen molar-refractivity contribution in [2.45, 2.75) is 0 Å². The van der Waals surface area contributed by atoms with Crippen molar-refractivity contribution in [3.63, 3.8) is 0 Å². The van der Waals surface area contributed by atoms with Crippen LogP contribution in [0.25, 0.3) is 0 Å². The Labute approximate surface area is 137 Å². The second kappa shape index (κ2) is 5.48. The van der Waals surface area contributed by atoms with Gasteiger partial charge in [-0.3, -0.25) is 25.0 Å². The molecule has 0 spiro atoms. The lowest BCUT2D eigenvalue weighted by molar-refractivity contribution is 0.0973. The number of guanidine groups is 1. The lowest BCUT2D eigenvalue weighted by Gasteiger charge is -2.27. The third-order valence-corrected chi connectivity index (χ3v) is 3.91. The predicted molar refractivity (Wildman–Crippen MR) is 88.4 cm³/mol. The van der Waals surface area contributed by atoms with Gasteiger partial charge in [0.05, 0.1) is 17.8 Å². The van der Waals surface area contributed by atoms with E-state index in [1.54, 1.807) is 24.4 Å². The van der Waals surface area contributed by atoms with Gasteiger partial charge >= 0.3 is 0 Å². The molecule has 0 saturated heterocycles. The Morgan fingerprint density at radius 2 is 2.22 bits per heavy atom. The molecule has 0 atom stereocenters. The maximum Gasteiger partial charge on any atom is 0.259 e. The Bertz CT molecular complexity index is 847. The van der Waals surface area contributed by atoms with Crippen LogP contribution in [-0.2, 0) is 0 Å². The summed E-state index contributed by atoms with van der Waals surface area (Å²) in [5.74, 6) is 1.02. The molecular weight excluding hydrogens is 314 g/mol. The molecule has 0 aliphatic carbocycles. The molecule has 1 aromatic heterocycles. The van der Waals surface area contributed by atoms with Crippen LogP contribution in [0.15, 0.2) is 52.7 Å². The summed E-state index contributed by atoms with van der Waals surface area (Å²) < 4.78 is 0. The Hall–Kier alpha value is -2.73. The van der Waals surface area contributed by atoms with Gasteiger partial charge in [-0.25, -0.2) is 4.99 Å². The normalized spacial score (nSPS) is 15.4. The monoisotopic (exact) mass is 325 g/mol. The van der Waals surface area contributed by atoms with Crippen molar-refractivity contribution in [1.82, 2.24) is 15.2 Å². The minimum absolute atomic E-state index is 0.256. The van der Waals surface area contributed by atoms with Crippen LogP contribution >= 0.6 is 11.6 Å². The topological polar surface area (TPSA) is 70.0 Å². The SMILES string of the molecule is O=C(NC1=Nc2cc(Cl)ccc2C2=NCCN12)c1cccnc1. The van der Waals surface area contributed by atoms with Crippen molar-refractivity contribution in [1.29, 1.82) is 0 Å². The largest absolute Gasteiger partial charge is 0.294 e. The standard InChI is InChI=1S/C16H12ClN5O/c17-11-3-4-12-13(8-11)20-16(22-7-6-19-14(12)22)21-15(23)10-2-1-5-18-9-10/h1-5,8-9H,6-7H2,(H,20,21,23). The summed E-state index contributed by atoms with van der Waals surface area (Å²) in [5, 5.41) is 3.43. The second-order valence-corrected chi connectivity index (χ2v) is 5.59. The molecule has 3 heterocycles. The first kappa shape index (κ1) is 13.9. The van der Waals surface area contributed by atoms with Crippen LogP contribution in [0.3, 0.4) is 0 Å². The molecule has 1 amide bonds. The summed E-state index contributed by atoms with van der Waals surface area (Å²) >= 11 is 6.05. The summed E-state index contributed by atoms with van der Waals surface area (Å²) in [5.41, 5.74) is 2.10. The molecule has 2 aliphatic heterocycles. The molecule has 2 aliphatic rings. The van der Waals surface area contributed by atoms with Gasteiger partial charge in [0.1, 0.15) is 5.84 Å². The second-order valence-electron chi connectivity index (χ2n) is 5.15. The number of fused-ring (bicyclic) bond motifs is 3. The summed E-state index contributed by atoms with van der Waals surface area (Å²) in [6.45, 7) is 1.35. The molecule has 1 N–H and O–H groups in total. The highest BCUT2D eigenvalue weighted by molar-refractivity contribution is 6.31. The average Bonchev–Trinajstić information content (AvgIpc) is 3.05. The first-order valence-electron chi connectivity index (χ1n) is 7.14. The number of hydrogen-bond acceptors (Lipinski definition) is 5. The number of nitrogens with zero attached hydrogens (tertiary/aromatic N) is 4. The van der Waals surface area contributed by atoms with Gasteiger partial charge in [0.2, 0.25) is 5.96 Å². The van der Waals surface area contributed by atoms with Gasteiger partial charge in [-0.05, 0) is 30.3 Å². The Balaban J connectivity index is 1.71. The molecule has 0 radical (unpaired) electrons. The van der Waals surface area contributed by atoms with Gasteiger partial charge in [0.15, 0.2) is 0 Å².